The topological polar surface area (TPSA) is 26.0 Å². The van der Waals surface area contributed by atoms with Crippen molar-refractivity contribution in [3.8, 4) is 0 Å². The van der Waals surface area contributed by atoms with Crippen LogP contribution in [0.4, 0.5) is 0 Å². The van der Waals surface area contributed by atoms with E-state index in [9.17, 15) is 0 Å². The Morgan fingerprint density at radius 2 is 1.86 bits per heavy atom. The van der Waals surface area contributed by atoms with Crippen LogP contribution in [0.5, 0.6) is 0 Å². The molecule has 0 amide bonds. The van der Waals surface area contributed by atoms with Crippen LogP contribution in [0.25, 0.3) is 0 Å². The van der Waals surface area contributed by atoms with Gasteiger partial charge < -0.3 is 5.73 Å². The molecule has 0 aliphatic heterocycles. The fourth-order valence-corrected chi connectivity index (χ4v) is 1.53. The summed E-state index contributed by atoms with van der Waals surface area (Å²) in [7, 11) is 0. The lowest BCUT2D eigenvalue weighted by atomic mass is 9.99. The molecule has 1 unspecified atom stereocenters. The summed E-state index contributed by atoms with van der Waals surface area (Å²) in [5.41, 5.74) is 8.42. The predicted molar refractivity (Wildman–Crippen MR) is 62.5 cm³/mol. The molecule has 0 aromatic heterocycles. The molecule has 0 spiro atoms. The minimum Gasteiger partial charge on any atom is -0.330 e. The molecule has 1 rings (SSSR count). The summed E-state index contributed by atoms with van der Waals surface area (Å²) < 4.78 is 0. The normalized spacial score (nSPS) is 12.8. The molecule has 0 saturated carbocycles. The van der Waals surface area contributed by atoms with E-state index in [-0.39, 0.29) is 0 Å². The third-order valence-electron chi connectivity index (χ3n) is 2.72. The van der Waals surface area contributed by atoms with Crippen LogP contribution in [0, 0.1) is 0 Å². The lowest BCUT2D eigenvalue weighted by Crippen LogP contribution is -2.08. The van der Waals surface area contributed by atoms with Gasteiger partial charge in [-0.05, 0) is 36.4 Å². The molecular formula is C13H21N. The quantitative estimate of drug-likeness (QED) is 0.760. The molecule has 1 aromatic rings. The lowest BCUT2D eigenvalue weighted by Gasteiger charge is -2.09. The Morgan fingerprint density at radius 1 is 1.21 bits per heavy atom. The number of hydrogen-bond acceptors (Lipinski definition) is 1. The number of nitrogens with two attached hydrogens (primary N) is 1. The van der Waals surface area contributed by atoms with Crippen molar-refractivity contribution in [2.24, 2.45) is 5.73 Å². The van der Waals surface area contributed by atoms with Crippen molar-refractivity contribution in [1.82, 2.24) is 0 Å². The second kappa shape index (κ2) is 5.82. The first-order chi connectivity index (χ1) is 6.77. The third-order valence-corrected chi connectivity index (χ3v) is 2.72. The molecule has 0 heterocycles. The molecular weight excluding hydrogens is 170 g/mol. The molecule has 0 fully saturated rings. The fourth-order valence-electron chi connectivity index (χ4n) is 1.53. The SMILES string of the molecule is CCCCc1ccc(C(C)CN)cc1. The molecule has 78 valence electrons. The Hall–Kier alpha value is -0.820. The molecule has 0 bridgehead atoms. The number of aryl methyl sites for hydroxylation is 1. The number of unbranched alkanes of at least 4 members (excludes halogenated alkanes) is 1. The highest BCUT2D eigenvalue weighted by Crippen LogP contribution is 2.15. The van der Waals surface area contributed by atoms with Crippen molar-refractivity contribution >= 4 is 0 Å². The fraction of sp³-hybridized carbons (Fsp3) is 0.538. The average molecular weight is 191 g/mol. The van der Waals surface area contributed by atoms with Crippen LogP contribution >= 0.6 is 0 Å². The molecule has 14 heavy (non-hydrogen) atoms. The van der Waals surface area contributed by atoms with Crippen molar-refractivity contribution in [2.75, 3.05) is 6.54 Å². The zero-order valence-electron chi connectivity index (χ0n) is 9.29. The molecule has 0 aliphatic carbocycles. The van der Waals surface area contributed by atoms with Crippen LogP contribution in [0.2, 0.25) is 0 Å². The second-order valence-electron chi connectivity index (χ2n) is 3.98. The summed E-state index contributed by atoms with van der Waals surface area (Å²) in [5, 5.41) is 0. The van der Waals surface area contributed by atoms with E-state index >= 15 is 0 Å². The highest BCUT2D eigenvalue weighted by molar-refractivity contribution is 5.25. The van der Waals surface area contributed by atoms with E-state index in [2.05, 4.69) is 38.1 Å². The first-order valence-electron chi connectivity index (χ1n) is 5.56. The van der Waals surface area contributed by atoms with Gasteiger partial charge in [-0.3, -0.25) is 0 Å². The Morgan fingerprint density at radius 3 is 2.36 bits per heavy atom. The maximum absolute atomic E-state index is 5.62. The van der Waals surface area contributed by atoms with Gasteiger partial charge in [-0.15, -0.1) is 0 Å². The predicted octanol–water partition coefficient (Wildman–Crippen LogP) is 3.09. The van der Waals surface area contributed by atoms with Gasteiger partial charge in [0.25, 0.3) is 0 Å². The monoisotopic (exact) mass is 191 g/mol. The molecule has 1 heteroatoms. The second-order valence-corrected chi connectivity index (χ2v) is 3.98. The van der Waals surface area contributed by atoms with Crippen LogP contribution in [0.1, 0.15) is 43.7 Å². The van der Waals surface area contributed by atoms with E-state index in [0.717, 1.165) is 6.54 Å². The van der Waals surface area contributed by atoms with Crippen LogP contribution < -0.4 is 5.73 Å². The van der Waals surface area contributed by atoms with Gasteiger partial charge in [-0.25, -0.2) is 0 Å². The van der Waals surface area contributed by atoms with E-state index in [1.807, 2.05) is 0 Å². The molecule has 0 saturated heterocycles. The highest BCUT2D eigenvalue weighted by Gasteiger charge is 2.01. The molecule has 1 atom stereocenters. The van der Waals surface area contributed by atoms with Crippen LogP contribution in [-0.4, -0.2) is 6.54 Å². The van der Waals surface area contributed by atoms with Crippen molar-refractivity contribution in [2.45, 2.75) is 39.0 Å². The molecule has 0 radical (unpaired) electrons. The largest absolute Gasteiger partial charge is 0.330 e. The molecule has 0 aliphatic rings. The highest BCUT2D eigenvalue weighted by atomic mass is 14.5. The summed E-state index contributed by atoms with van der Waals surface area (Å²) >= 11 is 0. The average Bonchev–Trinajstić information content (AvgIpc) is 2.26. The van der Waals surface area contributed by atoms with E-state index in [1.165, 1.54) is 30.4 Å². The standard InChI is InChI=1S/C13H21N/c1-3-4-5-12-6-8-13(9-7-12)11(2)10-14/h6-9,11H,3-5,10,14H2,1-2H3. The van der Waals surface area contributed by atoms with Crippen molar-refractivity contribution < 1.29 is 0 Å². The van der Waals surface area contributed by atoms with Gasteiger partial charge >= 0.3 is 0 Å². The summed E-state index contributed by atoms with van der Waals surface area (Å²) in [6.45, 7) is 5.13. The van der Waals surface area contributed by atoms with Crippen LogP contribution in [-0.2, 0) is 6.42 Å². The van der Waals surface area contributed by atoms with Gasteiger partial charge in [0.15, 0.2) is 0 Å². The van der Waals surface area contributed by atoms with Gasteiger partial charge in [0.2, 0.25) is 0 Å². The van der Waals surface area contributed by atoms with Gasteiger partial charge in [-0.2, -0.15) is 0 Å². The van der Waals surface area contributed by atoms with Crippen molar-refractivity contribution in [1.29, 1.82) is 0 Å². The van der Waals surface area contributed by atoms with E-state index in [0.29, 0.717) is 5.92 Å². The summed E-state index contributed by atoms with van der Waals surface area (Å²) in [6.07, 6.45) is 3.75. The van der Waals surface area contributed by atoms with Crippen molar-refractivity contribution in [3.63, 3.8) is 0 Å². The minimum atomic E-state index is 0.482. The van der Waals surface area contributed by atoms with Gasteiger partial charge in [-0.1, -0.05) is 44.5 Å². The lowest BCUT2D eigenvalue weighted by molar-refractivity contribution is 0.769. The Balaban J connectivity index is 2.59. The Labute approximate surface area is 87.3 Å². The zero-order chi connectivity index (χ0) is 10.4. The molecule has 2 N–H and O–H groups in total. The first-order valence-corrected chi connectivity index (χ1v) is 5.56. The number of benzene rings is 1. The van der Waals surface area contributed by atoms with Crippen LogP contribution in [0.3, 0.4) is 0 Å². The molecule has 1 nitrogen and oxygen atoms in total. The van der Waals surface area contributed by atoms with Gasteiger partial charge in [0.1, 0.15) is 0 Å². The third kappa shape index (κ3) is 3.15. The van der Waals surface area contributed by atoms with Crippen LogP contribution in [0.15, 0.2) is 24.3 Å². The Kier molecular flexibility index (Phi) is 4.68. The van der Waals surface area contributed by atoms with Crippen molar-refractivity contribution in [3.05, 3.63) is 35.4 Å². The summed E-state index contributed by atoms with van der Waals surface area (Å²) in [4.78, 5) is 0. The molecule has 1 aromatic carbocycles. The maximum atomic E-state index is 5.62. The van der Waals surface area contributed by atoms with E-state index < -0.39 is 0 Å². The zero-order valence-corrected chi connectivity index (χ0v) is 9.29. The van der Waals surface area contributed by atoms with E-state index in [1.54, 1.807) is 0 Å². The summed E-state index contributed by atoms with van der Waals surface area (Å²) in [6, 6.07) is 8.89. The number of rotatable bonds is 5. The summed E-state index contributed by atoms with van der Waals surface area (Å²) in [5.74, 6) is 0.482. The first kappa shape index (κ1) is 11.3. The Bertz CT molecular complexity index is 250. The van der Waals surface area contributed by atoms with Gasteiger partial charge in [0.05, 0.1) is 0 Å². The number of hydrogen-bond donors (Lipinski definition) is 1. The maximum Gasteiger partial charge on any atom is -0.00109 e. The smallest absolute Gasteiger partial charge is 0.00109 e. The van der Waals surface area contributed by atoms with E-state index in [4.69, 9.17) is 5.73 Å². The van der Waals surface area contributed by atoms with Gasteiger partial charge in [0, 0.05) is 0 Å². The minimum absolute atomic E-state index is 0.482.